The molecular weight excluding hydrogens is 176 g/mol. The molecule has 0 aromatic rings. The van der Waals surface area contributed by atoms with Crippen LogP contribution < -0.4 is 10.6 Å². The Hall–Kier alpha value is -0.570. The maximum Gasteiger partial charge on any atom is 0.223 e. The number of hydrogen-bond acceptors (Lipinski definition) is 2. The Morgan fingerprint density at radius 3 is 2.64 bits per heavy atom. The average molecular weight is 196 g/mol. The summed E-state index contributed by atoms with van der Waals surface area (Å²) < 4.78 is 0. The standard InChI is InChI=1S/C11H20N2O/c1-11(4-5-11)8-13-10(14)9-2-6-12-7-3-9/h9,12H,2-8H2,1H3,(H,13,14). The number of amides is 1. The number of piperidine rings is 1. The van der Waals surface area contributed by atoms with E-state index < -0.39 is 0 Å². The molecule has 80 valence electrons. The maximum atomic E-state index is 11.7. The first-order chi connectivity index (χ1) is 6.70. The molecule has 2 N–H and O–H groups in total. The van der Waals surface area contributed by atoms with Gasteiger partial charge in [0, 0.05) is 12.5 Å². The molecule has 1 saturated carbocycles. The van der Waals surface area contributed by atoms with E-state index in [1.54, 1.807) is 0 Å². The molecule has 1 aliphatic carbocycles. The largest absolute Gasteiger partial charge is 0.355 e. The summed E-state index contributed by atoms with van der Waals surface area (Å²) in [5.74, 6) is 0.540. The van der Waals surface area contributed by atoms with Crippen molar-refractivity contribution in [2.75, 3.05) is 19.6 Å². The third-order valence-electron chi connectivity index (χ3n) is 3.50. The Labute approximate surface area is 85.6 Å². The van der Waals surface area contributed by atoms with Crippen LogP contribution in [0, 0.1) is 11.3 Å². The first-order valence-electron chi connectivity index (χ1n) is 5.68. The van der Waals surface area contributed by atoms with Gasteiger partial charge >= 0.3 is 0 Å². The lowest BCUT2D eigenvalue weighted by molar-refractivity contribution is -0.125. The molecule has 2 fully saturated rings. The van der Waals surface area contributed by atoms with Crippen LogP contribution >= 0.6 is 0 Å². The number of carbonyl (C=O) groups excluding carboxylic acids is 1. The highest BCUT2D eigenvalue weighted by Crippen LogP contribution is 2.44. The normalized spacial score (nSPS) is 25.8. The second kappa shape index (κ2) is 3.89. The van der Waals surface area contributed by atoms with Crippen molar-refractivity contribution in [2.24, 2.45) is 11.3 Å². The van der Waals surface area contributed by atoms with E-state index in [9.17, 15) is 4.79 Å². The van der Waals surface area contributed by atoms with Crippen LogP contribution in [0.1, 0.15) is 32.6 Å². The fraction of sp³-hybridized carbons (Fsp3) is 0.909. The van der Waals surface area contributed by atoms with Crippen LogP contribution in [0.3, 0.4) is 0 Å². The molecule has 3 heteroatoms. The van der Waals surface area contributed by atoms with Crippen LogP contribution in [0.4, 0.5) is 0 Å². The molecule has 0 unspecified atom stereocenters. The summed E-state index contributed by atoms with van der Waals surface area (Å²) in [5.41, 5.74) is 0.433. The number of hydrogen-bond donors (Lipinski definition) is 2. The molecular formula is C11H20N2O. The zero-order valence-electron chi connectivity index (χ0n) is 8.94. The average Bonchev–Trinajstić information content (AvgIpc) is 2.95. The third kappa shape index (κ3) is 2.47. The molecule has 0 bridgehead atoms. The van der Waals surface area contributed by atoms with Crippen LogP contribution in [0.25, 0.3) is 0 Å². The number of nitrogens with one attached hydrogen (secondary N) is 2. The van der Waals surface area contributed by atoms with Gasteiger partial charge in [-0.1, -0.05) is 6.92 Å². The van der Waals surface area contributed by atoms with Crippen LogP contribution in [0.15, 0.2) is 0 Å². The van der Waals surface area contributed by atoms with Crippen molar-refractivity contribution in [1.29, 1.82) is 0 Å². The minimum atomic E-state index is 0.263. The lowest BCUT2D eigenvalue weighted by Crippen LogP contribution is -2.39. The van der Waals surface area contributed by atoms with E-state index >= 15 is 0 Å². The Morgan fingerprint density at radius 1 is 1.43 bits per heavy atom. The van der Waals surface area contributed by atoms with Gasteiger partial charge in [0.2, 0.25) is 5.91 Å². The molecule has 1 saturated heterocycles. The van der Waals surface area contributed by atoms with Crippen molar-refractivity contribution in [1.82, 2.24) is 10.6 Å². The van der Waals surface area contributed by atoms with E-state index in [0.717, 1.165) is 32.5 Å². The summed E-state index contributed by atoms with van der Waals surface area (Å²) in [6.45, 7) is 5.12. The van der Waals surface area contributed by atoms with Crippen LogP contribution in [-0.2, 0) is 4.79 Å². The minimum absolute atomic E-state index is 0.263. The van der Waals surface area contributed by atoms with Gasteiger partial charge in [0.1, 0.15) is 0 Å². The molecule has 14 heavy (non-hydrogen) atoms. The van der Waals surface area contributed by atoms with E-state index in [1.807, 2.05) is 0 Å². The molecule has 0 aromatic heterocycles. The van der Waals surface area contributed by atoms with E-state index in [1.165, 1.54) is 12.8 Å². The van der Waals surface area contributed by atoms with E-state index in [2.05, 4.69) is 17.6 Å². The first-order valence-corrected chi connectivity index (χ1v) is 5.68. The van der Waals surface area contributed by atoms with Crippen LogP contribution in [0.2, 0.25) is 0 Å². The van der Waals surface area contributed by atoms with E-state index in [-0.39, 0.29) is 11.8 Å². The molecule has 1 amide bonds. The zero-order chi connectivity index (χ0) is 10.0. The fourth-order valence-electron chi connectivity index (χ4n) is 1.92. The molecule has 0 radical (unpaired) electrons. The highest BCUT2D eigenvalue weighted by Gasteiger charge is 2.37. The van der Waals surface area contributed by atoms with Crippen LogP contribution in [-0.4, -0.2) is 25.5 Å². The summed E-state index contributed by atoms with van der Waals surface area (Å²) in [6.07, 6.45) is 4.56. The van der Waals surface area contributed by atoms with Crippen molar-refractivity contribution in [3.05, 3.63) is 0 Å². The molecule has 0 atom stereocenters. The van der Waals surface area contributed by atoms with Gasteiger partial charge in [-0.25, -0.2) is 0 Å². The van der Waals surface area contributed by atoms with Crippen molar-refractivity contribution >= 4 is 5.91 Å². The SMILES string of the molecule is CC1(CNC(=O)C2CCNCC2)CC1. The van der Waals surface area contributed by atoms with Gasteiger partial charge in [0.15, 0.2) is 0 Å². The van der Waals surface area contributed by atoms with Gasteiger partial charge in [-0.15, -0.1) is 0 Å². The Kier molecular flexibility index (Phi) is 2.77. The van der Waals surface area contributed by atoms with E-state index in [0.29, 0.717) is 5.41 Å². The van der Waals surface area contributed by atoms with Gasteiger partial charge in [-0.2, -0.15) is 0 Å². The number of carbonyl (C=O) groups is 1. The maximum absolute atomic E-state index is 11.7. The molecule has 0 spiro atoms. The predicted molar refractivity (Wildman–Crippen MR) is 55.9 cm³/mol. The third-order valence-corrected chi connectivity index (χ3v) is 3.50. The van der Waals surface area contributed by atoms with Gasteiger partial charge in [0.05, 0.1) is 0 Å². The lowest BCUT2D eigenvalue weighted by atomic mass is 9.97. The van der Waals surface area contributed by atoms with Gasteiger partial charge < -0.3 is 10.6 Å². The topological polar surface area (TPSA) is 41.1 Å². The summed E-state index contributed by atoms with van der Waals surface area (Å²) >= 11 is 0. The second-order valence-corrected chi connectivity index (χ2v) is 5.05. The Morgan fingerprint density at radius 2 is 2.07 bits per heavy atom. The predicted octanol–water partition coefficient (Wildman–Crippen LogP) is 0.902. The van der Waals surface area contributed by atoms with Crippen LogP contribution in [0.5, 0.6) is 0 Å². The molecule has 1 aliphatic heterocycles. The molecule has 3 nitrogen and oxygen atoms in total. The monoisotopic (exact) mass is 196 g/mol. The summed E-state index contributed by atoms with van der Waals surface area (Å²) in [5, 5.41) is 6.36. The first kappa shape index (κ1) is 9.97. The fourth-order valence-corrected chi connectivity index (χ4v) is 1.92. The second-order valence-electron chi connectivity index (χ2n) is 5.05. The molecule has 2 aliphatic rings. The lowest BCUT2D eigenvalue weighted by Gasteiger charge is -2.22. The molecule has 2 rings (SSSR count). The van der Waals surface area contributed by atoms with Gasteiger partial charge in [0.25, 0.3) is 0 Å². The summed E-state index contributed by atoms with van der Waals surface area (Å²) in [6, 6.07) is 0. The van der Waals surface area contributed by atoms with Crippen molar-refractivity contribution in [3.63, 3.8) is 0 Å². The quantitative estimate of drug-likeness (QED) is 0.704. The van der Waals surface area contributed by atoms with Crippen molar-refractivity contribution in [2.45, 2.75) is 32.6 Å². The molecule has 0 aromatic carbocycles. The minimum Gasteiger partial charge on any atom is -0.355 e. The van der Waals surface area contributed by atoms with Gasteiger partial charge in [-0.05, 0) is 44.2 Å². The summed E-state index contributed by atoms with van der Waals surface area (Å²) in [4.78, 5) is 11.7. The molecule has 1 heterocycles. The highest BCUT2D eigenvalue weighted by atomic mass is 16.1. The Balaban J connectivity index is 1.71. The zero-order valence-corrected chi connectivity index (χ0v) is 8.94. The van der Waals surface area contributed by atoms with Crippen molar-refractivity contribution in [3.8, 4) is 0 Å². The number of rotatable bonds is 3. The van der Waals surface area contributed by atoms with E-state index in [4.69, 9.17) is 0 Å². The highest BCUT2D eigenvalue weighted by molar-refractivity contribution is 5.78. The van der Waals surface area contributed by atoms with Gasteiger partial charge in [-0.3, -0.25) is 4.79 Å². The Bertz CT molecular complexity index is 217. The summed E-state index contributed by atoms with van der Waals surface area (Å²) in [7, 11) is 0. The van der Waals surface area contributed by atoms with Crippen molar-refractivity contribution < 1.29 is 4.79 Å². The smallest absolute Gasteiger partial charge is 0.223 e.